The number of carbonyl (C=O) groups is 2. The van der Waals surface area contributed by atoms with Crippen molar-refractivity contribution < 1.29 is 18.7 Å². The Hall–Kier alpha value is -2.29. The maximum atomic E-state index is 13.3. The summed E-state index contributed by atoms with van der Waals surface area (Å²) >= 11 is 1.27. The summed E-state index contributed by atoms with van der Waals surface area (Å²) in [5, 5.41) is 8.69. The third-order valence-corrected chi connectivity index (χ3v) is 6.10. The number of nitrogens with zero attached hydrogens (tertiary/aromatic N) is 1. The molecule has 31 heavy (non-hydrogen) atoms. The number of hydrogen-bond acceptors (Lipinski definition) is 6. The number of likely N-dealkylation sites (tertiary alicyclic amines) is 1. The lowest BCUT2D eigenvalue weighted by atomic mass is 10.0. The van der Waals surface area contributed by atoms with E-state index in [4.69, 9.17) is 4.74 Å². The Kier molecular flexibility index (Phi) is 8.17. The quantitative estimate of drug-likeness (QED) is 0.596. The number of hydrogen-bond donors (Lipinski definition) is 2. The number of piperidine rings is 1. The van der Waals surface area contributed by atoms with E-state index in [1.54, 1.807) is 24.4 Å². The average molecular weight is 448 g/mol. The van der Waals surface area contributed by atoms with Gasteiger partial charge in [-0.2, -0.15) is 0 Å². The van der Waals surface area contributed by atoms with Gasteiger partial charge in [-0.3, -0.25) is 9.69 Å². The molecule has 168 valence electrons. The second kappa shape index (κ2) is 10.8. The second-order valence-corrected chi connectivity index (χ2v) is 8.88. The SMILES string of the molecule is CCOC(=O)c1c(-c2ccc(F)cc2)csc1NC(=O)CN1CCC(NC(C)C)CC1. The largest absolute Gasteiger partial charge is 0.462 e. The van der Waals surface area contributed by atoms with E-state index < -0.39 is 5.97 Å². The number of rotatable bonds is 8. The van der Waals surface area contributed by atoms with Crippen LogP contribution in [0.1, 0.15) is 44.0 Å². The molecule has 8 heteroatoms. The molecule has 0 unspecified atom stereocenters. The molecule has 1 aliphatic rings. The molecule has 0 bridgehead atoms. The highest BCUT2D eigenvalue weighted by molar-refractivity contribution is 7.15. The molecule has 1 aromatic heterocycles. The van der Waals surface area contributed by atoms with E-state index in [9.17, 15) is 14.0 Å². The first kappa shape index (κ1) is 23.4. The Labute approximate surface area is 186 Å². The van der Waals surface area contributed by atoms with Crippen LogP contribution in [-0.2, 0) is 9.53 Å². The molecule has 6 nitrogen and oxygen atoms in total. The van der Waals surface area contributed by atoms with E-state index in [-0.39, 0.29) is 24.9 Å². The lowest BCUT2D eigenvalue weighted by Gasteiger charge is -2.32. The lowest BCUT2D eigenvalue weighted by molar-refractivity contribution is -0.117. The van der Waals surface area contributed by atoms with Gasteiger partial charge in [0.15, 0.2) is 0 Å². The van der Waals surface area contributed by atoms with Crippen molar-refractivity contribution in [2.45, 2.75) is 45.7 Å². The van der Waals surface area contributed by atoms with Crippen LogP contribution in [0.4, 0.5) is 9.39 Å². The zero-order valence-corrected chi connectivity index (χ0v) is 19.1. The standard InChI is InChI=1S/C23H30FN3O3S/c1-4-30-23(29)21-19(16-5-7-17(24)8-6-16)14-31-22(21)26-20(28)13-27-11-9-18(10-12-27)25-15(2)3/h5-8,14-15,18,25H,4,9-13H2,1-3H3,(H,26,28). The molecule has 1 aliphatic heterocycles. The Bertz CT molecular complexity index is 890. The van der Waals surface area contributed by atoms with Gasteiger partial charge in [0.2, 0.25) is 5.91 Å². The number of halogens is 1. The summed E-state index contributed by atoms with van der Waals surface area (Å²) in [6.45, 7) is 8.23. The molecule has 1 fully saturated rings. The number of esters is 1. The first-order valence-electron chi connectivity index (χ1n) is 10.7. The topological polar surface area (TPSA) is 70.7 Å². The van der Waals surface area contributed by atoms with Crippen LogP contribution < -0.4 is 10.6 Å². The summed E-state index contributed by atoms with van der Waals surface area (Å²) in [7, 11) is 0. The van der Waals surface area contributed by atoms with Crippen molar-refractivity contribution in [2.24, 2.45) is 0 Å². The van der Waals surface area contributed by atoms with Crippen molar-refractivity contribution in [3.05, 3.63) is 41.0 Å². The zero-order valence-electron chi connectivity index (χ0n) is 18.2. The van der Waals surface area contributed by atoms with Crippen LogP contribution in [0.25, 0.3) is 11.1 Å². The van der Waals surface area contributed by atoms with Gasteiger partial charge >= 0.3 is 5.97 Å². The number of thiophene rings is 1. The smallest absolute Gasteiger partial charge is 0.341 e. The van der Waals surface area contributed by atoms with Gasteiger partial charge in [0.1, 0.15) is 16.4 Å². The molecule has 1 amide bonds. The van der Waals surface area contributed by atoms with Crippen LogP contribution in [0.15, 0.2) is 29.6 Å². The third-order valence-electron chi connectivity index (χ3n) is 5.20. The zero-order chi connectivity index (χ0) is 22.4. The predicted molar refractivity (Wildman–Crippen MR) is 122 cm³/mol. The molecular formula is C23H30FN3O3S. The van der Waals surface area contributed by atoms with Crippen LogP contribution in [0.5, 0.6) is 0 Å². The molecule has 1 saturated heterocycles. The number of nitrogens with one attached hydrogen (secondary N) is 2. The Balaban J connectivity index is 1.68. The fourth-order valence-electron chi connectivity index (χ4n) is 3.80. The minimum Gasteiger partial charge on any atom is -0.462 e. The van der Waals surface area contributed by atoms with Crippen molar-refractivity contribution in [1.29, 1.82) is 0 Å². The number of carbonyl (C=O) groups excluding carboxylic acids is 2. The van der Waals surface area contributed by atoms with Gasteiger partial charge in [-0.25, -0.2) is 9.18 Å². The first-order valence-corrected chi connectivity index (χ1v) is 11.6. The van der Waals surface area contributed by atoms with Gasteiger partial charge in [-0.1, -0.05) is 26.0 Å². The van der Waals surface area contributed by atoms with Crippen molar-refractivity contribution in [3.63, 3.8) is 0 Å². The van der Waals surface area contributed by atoms with Gasteiger partial charge in [-0.05, 0) is 37.5 Å². The summed E-state index contributed by atoms with van der Waals surface area (Å²) in [6.07, 6.45) is 2.01. The van der Waals surface area contributed by atoms with Gasteiger partial charge in [-0.15, -0.1) is 11.3 Å². The fourth-order valence-corrected chi connectivity index (χ4v) is 4.77. The molecule has 0 saturated carbocycles. The van der Waals surface area contributed by atoms with E-state index >= 15 is 0 Å². The lowest BCUT2D eigenvalue weighted by Crippen LogP contribution is -2.46. The highest BCUT2D eigenvalue weighted by atomic mass is 32.1. The molecule has 1 aromatic carbocycles. The van der Waals surface area contributed by atoms with E-state index in [2.05, 4.69) is 29.4 Å². The fraction of sp³-hybridized carbons (Fsp3) is 0.478. The monoisotopic (exact) mass is 447 g/mol. The first-order chi connectivity index (χ1) is 14.9. The van der Waals surface area contributed by atoms with Crippen molar-refractivity contribution in [1.82, 2.24) is 10.2 Å². The van der Waals surface area contributed by atoms with Gasteiger partial charge in [0.25, 0.3) is 0 Å². The maximum Gasteiger partial charge on any atom is 0.341 e. The Morgan fingerprint density at radius 3 is 2.52 bits per heavy atom. The van der Waals surface area contributed by atoms with Gasteiger partial charge in [0.05, 0.1) is 13.2 Å². The van der Waals surface area contributed by atoms with Gasteiger partial charge in [0, 0.05) is 36.1 Å². The van der Waals surface area contributed by atoms with Crippen molar-refractivity contribution in [3.8, 4) is 11.1 Å². The van der Waals surface area contributed by atoms with E-state index in [0.717, 1.165) is 25.9 Å². The summed E-state index contributed by atoms with van der Waals surface area (Å²) < 4.78 is 18.5. The molecule has 3 rings (SSSR count). The summed E-state index contributed by atoms with van der Waals surface area (Å²) in [4.78, 5) is 27.5. The number of ether oxygens (including phenoxy) is 1. The van der Waals surface area contributed by atoms with E-state index in [1.807, 2.05) is 0 Å². The summed E-state index contributed by atoms with van der Waals surface area (Å²) in [5.41, 5.74) is 1.63. The maximum absolute atomic E-state index is 13.3. The number of anilines is 1. The summed E-state index contributed by atoms with van der Waals surface area (Å²) in [5.74, 6) is -1.01. The molecule has 0 spiro atoms. The third kappa shape index (κ3) is 6.35. The highest BCUT2D eigenvalue weighted by Crippen LogP contribution is 2.36. The predicted octanol–water partition coefficient (Wildman–Crippen LogP) is 4.13. The van der Waals surface area contributed by atoms with Crippen molar-refractivity contribution >= 4 is 28.2 Å². The molecule has 2 N–H and O–H groups in total. The minimum atomic E-state index is -0.501. The van der Waals surface area contributed by atoms with Crippen molar-refractivity contribution in [2.75, 3.05) is 31.6 Å². The second-order valence-electron chi connectivity index (χ2n) is 8.00. The molecule has 2 heterocycles. The van der Waals surface area contributed by atoms with Crippen LogP contribution in [0.3, 0.4) is 0 Å². The number of amides is 1. The van der Waals surface area contributed by atoms with Crippen LogP contribution in [0, 0.1) is 5.82 Å². The average Bonchev–Trinajstić information content (AvgIpc) is 3.13. The summed E-state index contributed by atoms with van der Waals surface area (Å²) in [6, 6.07) is 6.86. The molecule has 0 radical (unpaired) electrons. The van der Waals surface area contributed by atoms with E-state index in [1.165, 1.54) is 23.5 Å². The number of benzene rings is 1. The Morgan fingerprint density at radius 2 is 1.90 bits per heavy atom. The normalized spacial score (nSPS) is 15.3. The molecule has 2 aromatic rings. The molecule has 0 aliphatic carbocycles. The molecule has 0 atom stereocenters. The highest BCUT2D eigenvalue weighted by Gasteiger charge is 2.25. The van der Waals surface area contributed by atoms with Crippen LogP contribution in [-0.4, -0.2) is 55.1 Å². The Morgan fingerprint density at radius 1 is 1.23 bits per heavy atom. The van der Waals surface area contributed by atoms with Crippen LogP contribution in [0.2, 0.25) is 0 Å². The van der Waals surface area contributed by atoms with Gasteiger partial charge < -0.3 is 15.4 Å². The van der Waals surface area contributed by atoms with Crippen LogP contribution >= 0.6 is 11.3 Å². The molecular weight excluding hydrogens is 417 g/mol. The van der Waals surface area contributed by atoms with E-state index in [0.29, 0.717) is 33.8 Å². The minimum absolute atomic E-state index is 0.159.